The Kier molecular flexibility index (Phi) is 22.4. The molecule has 0 aliphatic carbocycles. The second-order valence-corrected chi connectivity index (χ2v) is 18.3. The van der Waals surface area contributed by atoms with Crippen LogP contribution in [0, 0.1) is 5.92 Å². The Morgan fingerprint density at radius 2 is 1.29 bits per heavy atom. The number of nitrogens with zero attached hydrogens (tertiary/aromatic N) is 1. The Morgan fingerprint density at radius 1 is 0.693 bits per heavy atom. The summed E-state index contributed by atoms with van der Waals surface area (Å²) in [5.74, 6) is -5.48. The van der Waals surface area contributed by atoms with Crippen molar-refractivity contribution >= 4 is 48.1 Å². The monoisotopic (exact) mass is 1030 g/mol. The summed E-state index contributed by atoms with van der Waals surface area (Å²) in [4.78, 5) is 111. The summed E-state index contributed by atoms with van der Waals surface area (Å²) in [5, 5.41) is 11.4. The van der Waals surface area contributed by atoms with Crippen LogP contribution in [-0.4, -0.2) is 84.1 Å². The van der Waals surface area contributed by atoms with Crippen molar-refractivity contribution in [1.82, 2.24) is 26.3 Å². The molecule has 0 saturated heterocycles. The predicted octanol–water partition coefficient (Wildman–Crippen LogP) is 7.72. The number of furan rings is 1. The van der Waals surface area contributed by atoms with Gasteiger partial charge in [-0.1, -0.05) is 130 Å². The fourth-order valence-electron chi connectivity index (χ4n) is 7.51. The molecule has 0 bridgehead atoms. The van der Waals surface area contributed by atoms with Crippen LogP contribution in [0.15, 0.2) is 126 Å². The third kappa shape index (κ3) is 19.1. The van der Waals surface area contributed by atoms with E-state index in [-0.39, 0.29) is 55.7 Å². The summed E-state index contributed by atoms with van der Waals surface area (Å²) in [6.07, 6.45) is 1.91. The van der Waals surface area contributed by atoms with E-state index in [1.165, 1.54) is 30.3 Å². The molecule has 3 atom stereocenters. The molecule has 0 unspecified atom stereocenters. The van der Waals surface area contributed by atoms with Gasteiger partial charge in [-0.05, 0) is 74.6 Å². The number of rotatable bonds is 28. The Balaban J connectivity index is 1.32. The van der Waals surface area contributed by atoms with Gasteiger partial charge in [-0.2, -0.15) is 5.06 Å². The van der Waals surface area contributed by atoms with E-state index in [2.05, 4.69) is 21.3 Å². The molecular formula is C56H65N5O14. The molecule has 0 fully saturated rings. The molecule has 0 aliphatic rings. The van der Waals surface area contributed by atoms with E-state index in [9.17, 15) is 38.4 Å². The lowest BCUT2D eigenvalue weighted by Crippen LogP contribution is -2.51. The molecule has 1 heterocycles. The average Bonchev–Trinajstić information content (AvgIpc) is 3.91. The summed E-state index contributed by atoms with van der Waals surface area (Å²) < 4.78 is 28.2. The van der Waals surface area contributed by atoms with Crippen LogP contribution >= 0.6 is 0 Å². The highest BCUT2D eigenvalue weighted by molar-refractivity contribution is 6.00. The van der Waals surface area contributed by atoms with Gasteiger partial charge < -0.3 is 49.5 Å². The fraction of sp³-hybridized carbons (Fsp3) is 0.357. The molecular weight excluding hydrogens is 967 g/mol. The lowest BCUT2D eigenvalue weighted by atomic mass is 9.90. The number of unbranched alkanes of at least 4 members (excludes halogenated alkanes) is 2. The number of carbonyl (C=O) groups excluding carboxylic acids is 8. The molecule has 398 valence electrons. The van der Waals surface area contributed by atoms with Crippen LogP contribution in [0.5, 0.6) is 5.75 Å². The first kappa shape index (κ1) is 57.4. The normalized spacial score (nSPS) is 12.1. The highest BCUT2D eigenvalue weighted by Gasteiger charge is 2.34. The zero-order valence-electron chi connectivity index (χ0n) is 42.8. The zero-order valence-corrected chi connectivity index (χ0v) is 42.8. The number of carbonyl (C=O) groups is 8. The molecule has 5 aromatic rings. The molecule has 75 heavy (non-hydrogen) atoms. The highest BCUT2D eigenvalue weighted by atomic mass is 16.7. The number of hydrogen-bond acceptors (Lipinski definition) is 14. The summed E-state index contributed by atoms with van der Waals surface area (Å²) in [7, 11) is 0. The van der Waals surface area contributed by atoms with E-state index in [1.807, 2.05) is 19.1 Å². The number of hydrogen-bond donors (Lipinski definition) is 4. The van der Waals surface area contributed by atoms with Crippen molar-refractivity contribution in [2.75, 3.05) is 13.3 Å². The lowest BCUT2D eigenvalue weighted by Gasteiger charge is -2.32. The third-order valence-corrected chi connectivity index (χ3v) is 11.3. The van der Waals surface area contributed by atoms with Crippen LogP contribution in [0.1, 0.15) is 111 Å². The van der Waals surface area contributed by atoms with Crippen LogP contribution in [0.4, 0.5) is 4.79 Å². The predicted molar refractivity (Wildman–Crippen MR) is 274 cm³/mol. The molecule has 19 nitrogen and oxygen atoms in total. The summed E-state index contributed by atoms with van der Waals surface area (Å²) >= 11 is 0. The van der Waals surface area contributed by atoms with Gasteiger partial charge in [-0.15, -0.1) is 0 Å². The Hall–Kier alpha value is -8.48. The minimum atomic E-state index is -1.52. The number of benzene rings is 4. The molecule has 5 amide bonds. The number of amides is 5. The molecule has 0 saturated carbocycles. The largest absolute Gasteiger partial charge is 0.481 e. The Bertz CT molecular complexity index is 2670. The third-order valence-electron chi connectivity index (χ3n) is 11.3. The van der Waals surface area contributed by atoms with Gasteiger partial charge in [-0.3, -0.25) is 24.0 Å². The Morgan fingerprint density at radius 3 is 1.87 bits per heavy atom. The van der Waals surface area contributed by atoms with E-state index < -0.39 is 78.3 Å². The molecule has 19 heteroatoms. The summed E-state index contributed by atoms with van der Waals surface area (Å²) in [5.41, 5.74) is 1.61. The lowest BCUT2D eigenvalue weighted by molar-refractivity contribution is -0.169. The zero-order chi connectivity index (χ0) is 54.2. The SMILES string of the molecule is CCCCC[C@@H](C(=O)NCNC(=O)c1ccc(-c2ccc(C(=O)N[C@@H](CC(=O)OCc3ccccc3)C(=O)OCc3ccccc3)c(OCC(=O)OCc3ccccc3)c2)o1)[C@@H](CC)N(C=O)OC(=O)NC(C)(C)C. The molecule has 5 rings (SSSR count). The first-order chi connectivity index (χ1) is 36.1. The van der Waals surface area contributed by atoms with Crippen LogP contribution in [-0.2, 0) is 62.8 Å². The van der Waals surface area contributed by atoms with Gasteiger partial charge in [0.05, 0.1) is 30.6 Å². The quantitative estimate of drug-likeness (QED) is 0.00936. The topological polar surface area (TPSA) is 247 Å². The number of hydroxylamine groups is 2. The van der Waals surface area contributed by atoms with Gasteiger partial charge in [0.2, 0.25) is 12.3 Å². The van der Waals surface area contributed by atoms with Gasteiger partial charge >= 0.3 is 24.0 Å². The first-order valence-electron chi connectivity index (χ1n) is 24.6. The molecule has 4 aromatic carbocycles. The average molecular weight is 1030 g/mol. The van der Waals surface area contributed by atoms with E-state index in [4.69, 9.17) is 28.2 Å². The van der Waals surface area contributed by atoms with Crippen molar-refractivity contribution in [3.8, 4) is 17.1 Å². The van der Waals surface area contributed by atoms with E-state index in [0.717, 1.165) is 23.5 Å². The van der Waals surface area contributed by atoms with Crippen molar-refractivity contribution in [3.63, 3.8) is 0 Å². The molecule has 0 spiro atoms. The van der Waals surface area contributed by atoms with Crippen molar-refractivity contribution in [1.29, 1.82) is 0 Å². The van der Waals surface area contributed by atoms with Crippen molar-refractivity contribution in [3.05, 3.63) is 149 Å². The van der Waals surface area contributed by atoms with Gasteiger partial charge in [0, 0.05) is 11.1 Å². The number of nitrogens with one attached hydrogen (secondary N) is 4. The van der Waals surface area contributed by atoms with E-state index >= 15 is 0 Å². The molecule has 1 aromatic heterocycles. The number of esters is 3. The van der Waals surface area contributed by atoms with Crippen molar-refractivity contribution < 1.29 is 66.6 Å². The summed E-state index contributed by atoms with van der Waals surface area (Å²) in [6.45, 7) is 7.79. The van der Waals surface area contributed by atoms with Gasteiger partial charge in [0.1, 0.15) is 37.4 Å². The van der Waals surface area contributed by atoms with E-state index in [1.54, 1.807) is 107 Å². The molecule has 0 radical (unpaired) electrons. The van der Waals surface area contributed by atoms with Crippen LogP contribution in [0.3, 0.4) is 0 Å². The first-order valence-corrected chi connectivity index (χ1v) is 24.6. The van der Waals surface area contributed by atoms with Crippen molar-refractivity contribution in [2.24, 2.45) is 5.92 Å². The smallest absolute Gasteiger partial charge is 0.432 e. The minimum Gasteiger partial charge on any atom is -0.481 e. The molecule has 0 aliphatic heterocycles. The second kappa shape index (κ2) is 29.3. The highest BCUT2D eigenvalue weighted by Crippen LogP contribution is 2.30. The van der Waals surface area contributed by atoms with Crippen LogP contribution in [0.2, 0.25) is 0 Å². The van der Waals surface area contributed by atoms with Crippen LogP contribution < -0.4 is 26.0 Å². The second-order valence-electron chi connectivity index (χ2n) is 18.3. The number of ether oxygens (including phenoxy) is 4. The van der Waals surface area contributed by atoms with E-state index in [0.29, 0.717) is 35.9 Å². The van der Waals surface area contributed by atoms with Crippen molar-refractivity contribution in [2.45, 2.75) is 111 Å². The minimum absolute atomic E-state index is 0.0467. The Labute approximate surface area is 435 Å². The maximum Gasteiger partial charge on any atom is 0.432 e. The fourth-order valence-corrected chi connectivity index (χ4v) is 7.51. The molecule has 4 N–H and O–H groups in total. The van der Waals surface area contributed by atoms with Gasteiger partial charge in [-0.25, -0.2) is 14.4 Å². The van der Waals surface area contributed by atoms with Gasteiger partial charge in [0.15, 0.2) is 12.4 Å². The summed E-state index contributed by atoms with van der Waals surface area (Å²) in [6, 6.07) is 31.5. The van der Waals surface area contributed by atoms with Crippen LogP contribution in [0.25, 0.3) is 11.3 Å². The maximum atomic E-state index is 14.1. The standard InChI is InChI=1S/C56H65N5O14/c1-6-8-12-25-42(45(7-2)61(37-62)75-55(69)60-56(3,4)5)51(65)57-36-58-53(67)47-29-28-46(74-47)41-26-27-43(48(30-41)70-35-50(64)72-33-39-21-15-10-16-22-39)52(66)59-44(54(68)73-34-40-23-17-11-18-24-40)31-49(63)71-32-38-19-13-9-14-20-38/h9-11,13-24,26-30,37,42,44-45H,6-8,12,25,31-36H2,1-5H3,(H,57,65)(H,58,67)(H,59,66)(H,60,69)/t42-,44+,45-/m1/s1. The van der Waals surface area contributed by atoms with Gasteiger partial charge in [0.25, 0.3) is 11.8 Å². The maximum absolute atomic E-state index is 14.1.